The molecule has 6 amide bonds. The molecule has 0 aromatic heterocycles. The van der Waals surface area contributed by atoms with Crippen molar-refractivity contribution in [2.24, 2.45) is 0 Å². The zero-order valence-electron chi connectivity index (χ0n) is 47.2. The molecule has 9 rings (SSSR count). The summed E-state index contributed by atoms with van der Waals surface area (Å²) in [6, 6.07) is 41.5. The maximum atomic E-state index is 14.9. The summed E-state index contributed by atoms with van der Waals surface area (Å²) < 4.78 is 0. The van der Waals surface area contributed by atoms with E-state index in [9.17, 15) is 28.8 Å². The molecule has 5 aromatic carbocycles. The topological polar surface area (TPSA) is 188 Å². The van der Waals surface area contributed by atoms with Crippen molar-refractivity contribution < 1.29 is 28.8 Å². The Morgan fingerprint density at radius 1 is 0.476 bits per heavy atom. The van der Waals surface area contributed by atoms with Crippen LogP contribution >= 0.6 is 24.4 Å². The van der Waals surface area contributed by atoms with Gasteiger partial charge in [-0.2, -0.15) is 0 Å². The molecule has 18 heteroatoms. The van der Waals surface area contributed by atoms with E-state index >= 15 is 0 Å². The van der Waals surface area contributed by atoms with Crippen molar-refractivity contribution in [2.75, 3.05) is 40.3 Å². The second-order valence-corrected chi connectivity index (χ2v) is 23.0. The maximum absolute atomic E-state index is 14.9. The number of nitrogens with one attached hydrogen (secondary N) is 6. The van der Waals surface area contributed by atoms with Gasteiger partial charge in [0.1, 0.15) is 24.2 Å². The molecule has 82 heavy (non-hydrogen) atoms. The van der Waals surface area contributed by atoms with Gasteiger partial charge in [-0.05, 0) is 99.8 Å². The van der Waals surface area contributed by atoms with Gasteiger partial charge in [0, 0.05) is 51.1 Å². The average Bonchev–Trinajstić information content (AvgIpc) is 4.22. The van der Waals surface area contributed by atoms with Gasteiger partial charge in [-0.1, -0.05) is 170 Å². The van der Waals surface area contributed by atoms with E-state index in [4.69, 9.17) is 24.4 Å². The molecule has 0 radical (unpaired) electrons. The fourth-order valence-electron chi connectivity index (χ4n) is 11.9. The fourth-order valence-corrected chi connectivity index (χ4v) is 12.6. The Morgan fingerprint density at radius 3 is 1.10 bits per heavy atom. The Labute approximate surface area is 492 Å². The molecule has 4 aliphatic rings. The molecule has 8 atom stereocenters. The minimum atomic E-state index is -0.964. The molecular formula is C64H76N10O6S2. The van der Waals surface area contributed by atoms with E-state index in [-0.39, 0.29) is 60.6 Å². The number of nitrogens with zero attached hydrogens (tertiary/aromatic N) is 4. The highest BCUT2D eigenvalue weighted by molar-refractivity contribution is 7.80. The van der Waals surface area contributed by atoms with Gasteiger partial charge in [0.05, 0.1) is 34.1 Å². The number of benzene rings is 5. The number of carbonyl (C=O) groups excluding carboxylic acids is 6. The standard InChI is InChI=1S/C64H76N10O6S2/c1-41(65-3)59(75)67-51-39-71(35-33-49-29-31-53(73(49)63(51)79)61(77)69-57(45-17-9-5-10-18-45)46-19-11-6-12-20-46)55(81)37-43-25-27-44(28-26-43)38-56(82)72-36-34-50-30-32-54(74(50)64(80)52(40-72)68-60(76)42(2)66-4)62(78)70-58(47-21-13-7-14-22-47)48-23-15-8-16-24-48/h5-28,41-42,49-54,57-58,65-66H,29-40H2,1-4H3,(H,67,75)(H,68,76)(H,69,77)(H,70,78)/t41-,42-,49+,50+,51-,52-,53-,54?/m0/s1. The van der Waals surface area contributed by atoms with Crippen molar-refractivity contribution in [3.63, 3.8) is 0 Å². The molecule has 4 fully saturated rings. The largest absolute Gasteiger partial charge is 0.363 e. The molecule has 5 aromatic rings. The summed E-state index contributed by atoms with van der Waals surface area (Å²) in [6.07, 6.45) is 4.26. The number of rotatable bonds is 18. The van der Waals surface area contributed by atoms with Crippen molar-refractivity contribution in [2.45, 2.75) is 126 Å². The predicted octanol–water partition coefficient (Wildman–Crippen LogP) is 5.55. The van der Waals surface area contributed by atoms with Crippen molar-refractivity contribution in [3.8, 4) is 0 Å². The zero-order valence-corrected chi connectivity index (χ0v) is 48.8. The van der Waals surface area contributed by atoms with Crippen LogP contribution in [0.4, 0.5) is 0 Å². The van der Waals surface area contributed by atoms with Crippen LogP contribution in [0.1, 0.15) is 97.8 Å². The highest BCUT2D eigenvalue weighted by atomic mass is 32.1. The van der Waals surface area contributed by atoms with Crippen molar-refractivity contribution in [1.29, 1.82) is 0 Å². The third-order valence-electron chi connectivity index (χ3n) is 16.8. The SMILES string of the molecule is CN[C@@H](C)C(=O)N[C@H]1CN(C(=S)Cc2ccc(CC(=S)N3CC[C@H]4CC[C@@H](C(=O)NC(c5ccccc5)c5ccccc5)N4C(=O)[C@@H](NC(=O)[C@H](C)NC)C3)cc2)CC[C@H]2CCC(C(=O)NC(c3ccccc3)c3ccccc3)N2C1=O. The molecule has 0 aliphatic carbocycles. The summed E-state index contributed by atoms with van der Waals surface area (Å²) in [5.41, 5.74) is 5.64. The summed E-state index contributed by atoms with van der Waals surface area (Å²) in [7, 11) is 3.38. The second-order valence-electron chi connectivity index (χ2n) is 22.1. The van der Waals surface area contributed by atoms with Crippen LogP contribution in [-0.2, 0) is 41.6 Å². The summed E-state index contributed by atoms with van der Waals surface area (Å²) >= 11 is 12.3. The van der Waals surface area contributed by atoms with E-state index in [1.54, 1.807) is 37.7 Å². The fraction of sp³-hybridized carbons (Fsp3) is 0.406. The molecule has 6 N–H and O–H groups in total. The normalized spacial score (nSPS) is 21.7. The molecular weight excluding hydrogens is 1070 g/mol. The van der Waals surface area contributed by atoms with Crippen LogP contribution in [0.3, 0.4) is 0 Å². The Bertz CT molecular complexity index is 2770. The van der Waals surface area contributed by atoms with Gasteiger partial charge in [-0.25, -0.2) is 0 Å². The van der Waals surface area contributed by atoms with Gasteiger partial charge < -0.3 is 51.5 Å². The van der Waals surface area contributed by atoms with E-state index in [1.165, 1.54) is 0 Å². The molecule has 0 spiro atoms. The Morgan fingerprint density at radius 2 is 0.793 bits per heavy atom. The van der Waals surface area contributed by atoms with Crippen LogP contribution in [0, 0.1) is 0 Å². The lowest BCUT2D eigenvalue weighted by molar-refractivity contribution is -0.144. The monoisotopic (exact) mass is 1140 g/mol. The Kier molecular flexibility index (Phi) is 19.9. The van der Waals surface area contributed by atoms with Gasteiger partial charge in [0.25, 0.3) is 0 Å². The number of likely N-dealkylation sites (N-methyl/N-ethyl adjacent to an activating group) is 2. The first kappa shape index (κ1) is 59.2. The molecule has 4 saturated heterocycles. The van der Waals surface area contributed by atoms with Crippen LogP contribution in [0.15, 0.2) is 146 Å². The third kappa shape index (κ3) is 14.1. The molecule has 0 bridgehead atoms. The quantitative estimate of drug-likeness (QED) is 0.0602. The van der Waals surface area contributed by atoms with Crippen molar-refractivity contribution in [1.82, 2.24) is 51.5 Å². The predicted molar refractivity (Wildman–Crippen MR) is 325 cm³/mol. The lowest BCUT2D eigenvalue weighted by atomic mass is 9.98. The van der Waals surface area contributed by atoms with E-state index in [0.29, 0.717) is 74.4 Å². The van der Waals surface area contributed by atoms with Gasteiger partial charge in [0.15, 0.2) is 0 Å². The minimum Gasteiger partial charge on any atom is -0.363 e. The highest BCUT2D eigenvalue weighted by Crippen LogP contribution is 2.34. The van der Waals surface area contributed by atoms with Crippen LogP contribution in [0.2, 0.25) is 0 Å². The smallest absolute Gasteiger partial charge is 0.247 e. The Hall–Kier alpha value is -7.38. The summed E-state index contributed by atoms with van der Waals surface area (Å²) in [5, 5.41) is 18.5. The first-order chi connectivity index (χ1) is 39.7. The first-order valence-electron chi connectivity index (χ1n) is 28.7. The lowest BCUT2D eigenvalue weighted by Gasteiger charge is -2.40. The van der Waals surface area contributed by atoms with Crippen LogP contribution < -0.4 is 31.9 Å². The molecule has 4 aliphatic heterocycles. The molecule has 1 unspecified atom stereocenters. The zero-order chi connectivity index (χ0) is 57.9. The van der Waals surface area contributed by atoms with Gasteiger partial charge >= 0.3 is 0 Å². The van der Waals surface area contributed by atoms with E-state index < -0.39 is 48.3 Å². The van der Waals surface area contributed by atoms with Crippen LogP contribution in [-0.4, -0.2) is 154 Å². The number of thiocarbonyl (C=S) groups is 2. The minimum absolute atomic E-state index is 0.142. The van der Waals surface area contributed by atoms with Crippen molar-refractivity contribution in [3.05, 3.63) is 179 Å². The van der Waals surface area contributed by atoms with Crippen molar-refractivity contribution >= 4 is 69.9 Å². The summed E-state index contributed by atoms with van der Waals surface area (Å²) in [6.45, 7) is 4.81. The van der Waals surface area contributed by atoms with Gasteiger partial charge in [-0.3, -0.25) is 28.8 Å². The first-order valence-corrected chi connectivity index (χ1v) is 29.6. The average molecular weight is 1150 g/mol. The molecule has 430 valence electrons. The number of fused-ring (bicyclic) bond motifs is 2. The van der Waals surface area contributed by atoms with Crippen LogP contribution in [0.5, 0.6) is 0 Å². The number of carbonyl (C=O) groups is 6. The lowest BCUT2D eigenvalue weighted by Crippen LogP contribution is -2.62. The molecule has 4 heterocycles. The maximum Gasteiger partial charge on any atom is 0.247 e. The Balaban J connectivity index is 0.855. The number of amides is 6. The van der Waals surface area contributed by atoms with Crippen LogP contribution in [0.25, 0.3) is 0 Å². The number of hydrogen-bond acceptors (Lipinski definition) is 10. The summed E-state index contributed by atoms with van der Waals surface area (Å²) in [5.74, 6) is -1.75. The second kappa shape index (κ2) is 27.6. The van der Waals surface area contributed by atoms with E-state index in [0.717, 1.165) is 33.4 Å². The van der Waals surface area contributed by atoms with Gasteiger partial charge in [0.2, 0.25) is 35.4 Å². The number of hydrogen-bond donors (Lipinski definition) is 6. The van der Waals surface area contributed by atoms with E-state index in [1.807, 2.05) is 155 Å². The van der Waals surface area contributed by atoms with E-state index in [2.05, 4.69) is 31.9 Å². The third-order valence-corrected chi connectivity index (χ3v) is 17.6. The molecule has 0 saturated carbocycles. The molecule has 16 nitrogen and oxygen atoms in total. The highest BCUT2D eigenvalue weighted by Gasteiger charge is 2.47. The van der Waals surface area contributed by atoms with Gasteiger partial charge in [-0.15, -0.1) is 0 Å². The summed E-state index contributed by atoms with van der Waals surface area (Å²) in [4.78, 5) is 94.3.